The zero-order valence-corrected chi connectivity index (χ0v) is 22.2. The monoisotopic (exact) mass is 540 g/mol. The largest absolute Gasteiger partial charge is 0.481 e. The van der Waals surface area contributed by atoms with Gasteiger partial charge in [0, 0.05) is 19.0 Å². The summed E-state index contributed by atoms with van der Waals surface area (Å²) in [5.41, 5.74) is 5.43. The van der Waals surface area contributed by atoms with E-state index in [1.54, 1.807) is 11.8 Å². The Bertz CT molecular complexity index is 1370. The third-order valence-corrected chi connectivity index (χ3v) is 8.50. The fourth-order valence-electron chi connectivity index (χ4n) is 6.31. The lowest BCUT2D eigenvalue weighted by atomic mass is 9.98. The van der Waals surface area contributed by atoms with E-state index in [2.05, 4.69) is 29.6 Å². The number of nitrogens with one attached hydrogen (secondary N) is 1. The molecule has 1 saturated carbocycles. The molecule has 2 amide bonds. The highest BCUT2D eigenvalue weighted by Gasteiger charge is 2.61. The molecule has 40 heavy (non-hydrogen) atoms. The molecule has 2 fully saturated rings. The van der Waals surface area contributed by atoms with Crippen LogP contribution in [0.3, 0.4) is 0 Å². The summed E-state index contributed by atoms with van der Waals surface area (Å²) in [6.07, 6.45) is -1.33. The molecule has 3 aliphatic rings. The Hall–Kier alpha value is -4.17. The lowest BCUT2D eigenvalue weighted by molar-refractivity contribution is -0.142. The van der Waals surface area contributed by atoms with E-state index in [-0.39, 0.29) is 42.8 Å². The van der Waals surface area contributed by atoms with Crippen LogP contribution in [0.15, 0.2) is 78.9 Å². The lowest BCUT2D eigenvalue weighted by Gasteiger charge is -2.29. The van der Waals surface area contributed by atoms with Crippen molar-refractivity contribution in [1.29, 1.82) is 0 Å². The molecule has 1 unspecified atom stereocenters. The molecule has 206 valence electrons. The number of rotatable bonds is 9. The molecule has 3 aromatic rings. The summed E-state index contributed by atoms with van der Waals surface area (Å²) in [6, 6.07) is 24.8. The van der Waals surface area contributed by atoms with E-state index in [4.69, 9.17) is 9.47 Å². The molecule has 0 radical (unpaired) electrons. The number of ether oxygens (including phenoxy) is 2. The van der Waals surface area contributed by atoms with E-state index in [9.17, 15) is 19.5 Å². The summed E-state index contributed by atoms with van der Waals surface area (Å²) in [6.45, 7) is 2.91. The number of likely N-dealkylation sites (tertiary alicyclic amines) is 1. The maximum absolute atomic E-state index is 13.6. The minimum Gasteiger partial charge on any atom is -0.481 e. The third kappa shape index (κ3) is 4.95. The highest BCUT2D eigenvalue weighted by Crippen LogP contribution is 2.52. The van der Waals surface area contributed by atoms with Gasteiger partial charge in [0.2, 0.25) is 5.91 Å². The van der Waals surface area contributed by atoms with E-state index in [1.165, 1.54) is 0 Å². The van der Waals surface area contributed by atoms with Crippen LogP contribution in [0.1, 0.15) is 29.5 Å². The van der Waals surface area contributed by atoms with Crippen LogP contribution in [0, 0.1) is 17.8 Å². The van der Waals surface area contributed by atoms with Crippen LogP contribution in [0.5, 0.6) is 0 Å². The Morgan fingerprint density at radius 2 is 1.48 bits per heavy atom. The zero-order chi connectivity index (χ0) is 27.8. The summed E-state index contributed by atoms with van der Waals surface area (Å²) >= 11 is 0. The summed E-state index contributed by atoms with van der Waals surface area (Å²) in [5, 5.41) is 12.1. The number of carboxylic acids is 1. The Balaban J connectivity index is 1.13. The van der Waals surface area contributed by atoms with Crippen LogP contribution in [0.2, 0.25) is 0 Å². The number of piperidine rings is 1. The number of hydrogen-bond donors (Lipinski definition) is 2. The lowest BCUT2D eigenvalue weighted by Crippen LogP contribution is -2.54. The molecule has 0 bridgehead atoms. The van der Waals surface area contributed by atoms with Crippen LogP contribution in [0.4, 0.5) is 4.79 Å². The average Bonchev–Trinajstić information content (AvgIpc) is 3.32. The molecule has 8 nitrogen and oxygen atoms in total. The van der Waals surface area contributed by atoms with Gasteiger partial charge in [0.1, 0.15) is 12.6 Å². The third-order valence-electron chi connectivity index (χ3n) is 8.50. The van der Waals surface area contributed by atoms with Crippen LogP contribution >= 0.6 is 0 Å². The summed E-state index contributed by atoms with van der Waals surface area (Å²) < 4.78 is 11.7. The number of benzene rings is 3. The van der Waals surface area contributed by atoms with Crippen molar-refractivity contribution in [2.75, 3.05) is 19.7 Å². The Morgan fingerprint density at radius 3 is 2.08 bits per heavy atom. The molecule has 8 heteroatoms. The van der Waals surface area contributed by atoms with Gasteiger partial charge in [-0.3, -0.25) is 9.59 Å². The quantitative estimate of drug-likeness (QED) is 0.420. The number of hydrogen-bond acceptors (Lipinski definition) is 5. The van der Waals surface area contributed by atoms with E-state index >= 15 is 0 Å². The molecule has 5 atom stereocenters. The second-order valence-corrected chi connectivity index (χ2v) is 10.9. The Labute approximate surface area is 232 Å². The number of carbonyl (C=O) groups is 3. The van der Waals surface area contributed by atoms with Gasteiger partial charge in [-0.1, -0.05) is 78.9 Å². The van der Waals surface area contributed by atoms with Crippen LogP contribution < -0.4 is 5.32 Å². The maximum Gasteiger partial charge on any atom is 0.407 e. The zero-order valence-electron chi connectivity index (χ0n) is 22.2. The molecular weight excluding hydrogens is 508 g/mol. The van der Waals surface area contributed by atoms with Crippen LogP contribution in [-0.4, -0.2) is 59.8 Å². The second-order valence-electron chi connectivity index (χ2n) is 10.9. The normalized spacial score (nSPS) is 22.0. The number of carboxylic acid groups (broad SMARTS) is 1. The van der Waals surface area contributed by atoms with E-state index < -0.39 is 24.2 Å². The predicted molar refractivity (Wildman–Crippen MR) is 147 cm³/mol. The summed E-state index contributed by atoms with van der Waals surface area (Å²) in [4.78, 5) is 39.7. The van der Waals surface area contributed by atoms with Crippen molar-refractivity contribution >= 4 is 18.0 Å². The first-order valence-electron chi connectivity index (χ1n) is 13.7. The molecule has 1 heterocycles. The topological polar surface area (TPSA) is 105 Å². The highest BCUT2D eigenvalue weighted by atomic mass is 16.5. The van der Waals surface area contributed by atoms with E-state index in [0.29, 0.717) is 13.1 Å². The molecule has 6 rings (SSSR count). The van der Waals surface area contributed by atoms with Gasteiger partial charge < -0.3 is 24.8 Å². The van der Waals surface area contributed by atoms with Gasteiger partial charge in [-0.2, -0.15) is 0 Å². The van der Waals surface area contributed by atoms with Gasteiger partial charge in [-0.05, 0) is 46.6 Å². The number of nitrogens with zero attached hydrogens (tertiary/aromatic N) is 1. The van der Waals surface area contributed by atoms with E-state index in [1.807, 2.05) is 54.6 Å². The predicted octanol–water partition coefficient (Wildman–Crippen LogP) is 4.29. The number of carbonyl (C=O) groups excluding carboxylic acids is 2. The van der Waals surface area contributed by atoms with Crippen molar-refractivity contribution in [3.8, 4) is 11.1 Å². The molecule has 0 spiro atoms. The standard InChI is InChI=1S/C32H32N2O6/c1-19(39-17-20-9-3-2-4-10-20)29(30(35)34-15-25-26(16-34)28(25)31(36)37)33-32(38)40-18-27-23-13-7-5-11-21(23)22-12-6-8-14-24(22)27/h2-14,19,25-29H,15-18H2,1H3,(H,33,38)(H,36,37)/t19-,25-,26+,28?,29+/m0/s1. The maximum atomic E-state index is 13.6. The molecule has 1 aliphatic heterocycles. The SMILES string of the molecule is C[C@H](OCc1ccccc1)[C@@H](NC(=O)OCC1c2ccccc2-c2ccccc21)C(=O)N1C[C@@H]2C(C(=O)O)[C@@H]2C1. The first-order valence-corrected chi connectivity index (χ1v) is 13.7. The van der Waals surface area contributed by atoms with Gasteiger partial charge >= 0.3 is 12.1 Å². The van der Waals surface area contributed by atoms with Crippen LogP contribution in [-0.2, 0) is 25.7 Å². The first-order chi connectivity index (χ1) is 19.4. The van der Waals surface area contributed by atoms with E-state index in [0.717, 1.165) is 27.8 Å². The van der Waals surface area contributed by atoms with Crippen molar-refractivity contribution in [2.45, 2.75) is 31.6 Å². The van der Waals surface area contributed by atoms with Gasteiger partial charge in [-0.25, -0.2) is 4.79 Å². The van der Waals surface area contributed by atoms with Crippen molar-refractivity contribution in [3.63, 3.8) is 0 Å². The second kappa shape index (κ2) is 10.8. The summed E-state index contributed by atoms with van der Waals surface area (Å²) in [5.74, 6) is -1.64. The minimum absolute atomic E-state index is 0.0305. The van der Waals surface area contributed by atoms with Crippen molar-refractivity contribution in [1.82, 2.24) is 10.2 Å². The fraction of sp³-hybridized carbons (Fsp3) is 0.344. The number of alkyl carbamates (subject to hydrolysis) is 1. The van der Waals surface area contributed by atoms with Crippen LogP contribution in [0.25, 0.3) is 11.1 Å². The molecule has 0 aromatic heterocycles. The number of aliphatic carboxylic acids is 1. The van der Waals surface area contributed by atoms with Gasteiger partial charge in [-0.15, -0.1) is 0 Å². The average molecular weight is 541 g/mol. The number of fused-ring (bicyclic) bond motifs is 4. The summed E-state index contributed by atoms with van der Waals surface area (Å²) in [7, 11) is 0. The Kier molecular flexibility index (Phi) is 7.02. The molecule has 3 aromatic carbocycles. The highest BCUT2D eigenvalue weighted by molar-refractivity contribution is 5.87. The smallest absolute Gasteiger partial charge is 0.407 e. The van der Waals surface area contributed by atoms with Gasteiger partial charge in [0.15, 0.2) is 0 Å². The minimum atomic E-state index is -0.972. The van der Waals surface area contributed by atoms with Crippen molar-refractivity contribution in [3.05, 3.63) is 95.6 Å². The fourth-order valence-corrected chi connectivity index (χ4v) is 6.31. The van der Waals surface area contributed by atoms with Crippen molar-refractivity contribution < 1.29 is 29.0 Å². The number of amides is 2. The molecule has 2 aliphatic carbocycles. The molecule has 2 N–H and O–H groups in total. The van der Waals surface area contributed by atoms with Gasteiger partial charge in [0.05, 0.1) is 18.6 Å². The molecule has 1 saturated heterocycles. The first kappa shape index (κ1) is 26.1. The Morgan fingerprint density at radius 1 is 0.900 bits per heavy atom. The van der Waals surface area contributed by atoms with Gasteiger partial charge in [0.25, 0.3) is 0 Å². The van der Waals surface area contributed by atoms with Crippen molar-refractivity contribution in [2.24, 2.45) is 17.8 Å². The molecular formula is C32H32N2O6.